The first kappa shape index (κ1) is 17.8. The second-order valence-corrected chi connectivity index (χ2v) is 9.56. The van der Waals surface area contributed by atoms with Crippen LogP contribution in [0.25, 0.3) is 0 Å². The zero-order valence-corrected chi connectivity index (χ0v) is 16.2. The van der Waals surface area contributed by atoms with Crippen LogP contribution in [0.1, 0.15) is 36.5 Å². The molecule has 0 bridgehead atoms. The van der Waals surface area contributed by atoms with Gasteiger partial charge in [-0.3, -0.25) is 0 Å². The Morgan fingerprint density at radius 2 is 1.96 bits per heavy atom. The van der Waals surface area contributed by atoms with E-state index in [0.717, 1.165) is 17.1 Å². The van der Waals surface area contributed by atoms with Crippen molar-refractivity contribution in [2.45, 2.75) is 30.2 Å². The summed E-state index contributed by atoms with van der Waals surface area (Å²) in [6, 6.07) is 7.34. The summed E-state index contributed by atoms with van der Waals surface area (Å²) in [4.78, 5) is 4.37. The minimum Gasteiger partial charge on any atom is -0.336 e. The van der Waals surface area contributed by atoms with Crippen molar-refractivity contribution in [1.29, 1.82) is 0 Å². The van der Waals surface area contributed by atoms with Crippen molar-refractivity contribution in [3.63, 3.8) is 0 Å². The van der Waals surface area contributed by atoms with Crippen LogP contribution in [0.15, 0.2) is 35.5 Å². The molecule has 8 heteroatoms. The van der Waals surface area contributed by atoms with E-state index in [0.29, 0.717) is 11.6 Å². The quantitative estimate of drug-likeness (QED) is 0.806. The smallest absolute Gasteiger partial charge is 0.263 e. The maximum atomic E-state index is 13.1. The van der Waals surface area contributed by atoms with Gasteiger partial charge in [-0.1, -0.05) is 37.6 Å². The van der Waals surface area contributed by atoms with Crippen molar-refractivity contribution in [3.8, 4) is 0 Å². The molecule has 1 fully saturated rings. The fourth-order valence-electron chi connectivity index (χ4n) is 2.82. The van der Waals surface area contributed by atoms with E-state index < -0.39 is 10.0 Å². The maximum Gasteiger partial charge on any atom is 0.263 e. The Balaban J connectivity index is 1.96. The number of rotatable bonds is 4. The molecule has 0 radical (unpaired) electrons. The van der Waals surface area contributed by atoms with Gasteiger partial charge in [0.05, 0.1) is 5.37 Å². The van der Waals surface area contributed by atoms with Crippen molar-refractivity contribution in [2.75, 3.05) is 12.3 Å². The molecule has 0 saturated carbocycles. The third-order valence-corrected chi connectivity index (χ3v) is 7.37. The summed E-state index contributed by atoms with van der Waals surface area (Å²) < 4.78 is 29.5. The van der Waals surface area contributed by atoms with Crippen LogP contribution in [-0.4, -0.2) is 34.6 Å². The molecule has 1 aromatic heterocycles. The highest BCUT2D eigenvalue weighted by Gasteiger charge is 2.38. The Bertz CT molecular complexity index is 832. The summed E-state index contributed by atoms with van der Waals surface area (Å²) in [5, 5.41) is 0.523. The number of aryl methyl sites for hydroxylation is 1. The first-order valence-corrected chi connectivity index (χ1v) is 10.6. The minimum atomic E-state index is -3.63. The Morgan fingerprint density at radius 3 is 2.54 bits per heavy atom. The molecule has 1 unspecified atom stereocenters. The van der Waals surface area contributed by atoms with E-state index in [4.69, 9.17) is 11.6 Å². The highest BCUT2D eigenvalue weighted by molar-refractivity contribution is 8.00. The zero-order valence-electron chi connectivity index (χ0n) is 13.8. The normalized spacial score (nSPS) is 19.3. The molecule has 5 nitrogen and oxygen atoms in total. The number of hydrogen-bond donors (Lipinski definition) is 0. The first-order chi connectivity index (χ1) is 11.3. The van der Waals surface area contributed by atoms with Crippen molar-refractivity contribution < 1.29 is 8.42 Å². The summed E-state index contributed by atoms with van der Waals surface area (Å²) in [5.41, 5.74) is 0.936. The van der Waals surface area contributed by atoms with Crippen LogP contribution in [0.4, 0.5) is 0 Å². The van der Waals surface area contributed by atoms with Gasteiger partial charge in [-0.05, 0) is 17.7 Å². The maximum absolute atomic E-state index is 13.1. The van der Waals surface area contributed by atoms with E-state index in [9.17, 15) is 8.42 Å². The van der Waals surface area contributed by atoms with Gasteiger partial charge < -0.3 is 4.57 Å². The van der Waals surface area contributed by atoms with Crippen LogP contribution < -0.4 is 0 Å². The fourth-order valence-corrected chi connectivity index (χ4v) is 6.18. The third-order valence-electron chi connectivity index (χ3n) is 3.98. The van der Waals surface area contributed by atoms with Crippen LogP contribution in [0.5, 0.6) is 0 Å². The number of nitrogens with zero attached hydrogens (tertiary/aromatic N) is 3. The molecular weight excluding hydrogens is 366 g/mol. The van der Waals surface area contributed by atoms with Crippen LogP contribution in [0.3, 0.4) is 0 Å². The molecule has 1 aromatic carbocycles. The molecular formula is C16H20ClN3O2S2. The monoisotopic (exact) mass is 385 g/mol. The Labute approximate surface area is 152 Å². The van der Waals surface area contributed by atoms with Crippen LogP contribution in [-0.2, 0) is 17.1 Å². The summed E-state index contributed by atoms with van der Waals surface area (Å²) in [5.74, 6) is 1.69. The molecule has 2 heterocycles. The molecule has 1 saturated heterocycles. The molecule has 1 aliphatic heterocycles. The lowest BCUT2D eigenvalue weighted by Gasteiger charge is -2.22. The topological polar surface area (TPSA) is 55.2 Å². The first-order valence-electron chi connectivity index (χ1n) is 7.73. The molecule has 3 rings (SSSR count). The van der Waals surface area contributed by atoms with Crippen LogP contribution in [0, 0.1) is 0 Å². The van der Waals surface area contributed by atoms with E-state index in [2.05, 4.69) is 4.98 Å². The number of aromatic nitrogens is 2. The van der Waals surface area contributed by atoms with Gasteiger partial charge in [0.1, 0.15) is 5.82 Å². The van der Waals surface area contributed by atoms with E-state index in [1.807, 2.05) is 33.0 Å². The molecule has 0 spiro atoms. The molecule has 1 aliphatic rings. The van der Waals surface area contributed by atoms with E-state index in [1.165, 1.54) is 4.31 Å². The van der Waals surface area contributed by atoms with Gasteiger partial charge >= 0.3 is 0 Å². The van der Waals surface area contributed by atoms with Gasteiger partial charge in [0, 0.05) is 36.5 Å². The number of hydrogen-bond acceptors (Lipinski definition) is 4. The molecule has 0 amide bonds. The van der Waals surface area contributed by atoms with Gasteiger partial charge in [0.25, 0.3) is 10.0 Å². The lowest BCUT2D eigenvalue weighted by molar-refractivity contribution is 0.432. The SMILES string of the molecule is CC(C)c1nc(S(=O)(=O)N2CCSC2c2ccc(Cl)cc2)cn1C. The van der Waals surface area contributed by atoms with Crippen molar-refractivity contribution in [3.05, 3.63) is 46.9 Å². The highest BCUT2D eigenvalue weighted by atomic mass is 35.5. The van der Waals surface area contributed by atoms with Crippen molar-refractivity contribution in [2.24, 2.45) is 7.05 Å². The Morgan fingerprint density at radius 1 is 1.29 bits per heavy atom. The molecule has 130 valence electrons. The second-order valence-electron chi connectivity index (χ2n) is 6.09. The highest BCUT2D eigenvalue weighted by Crippen LogP contribution is 2.41. The van der Waals surface area contributed by atoms with Crippen LogP contribution in [0.2, 0.25) is 5.02 Å². The lowest BCUT2D eigenvalue weighted by Crippen LogP contribution is -2.30. The summed E-state index contributed by atoms with van der Waals surface area (Å²) >= 11 is 7.56. The van der Waals surface area contributed by atoms with Gasteiger partial charge in [0.2, 0.25) is 0 Å². The molecule has 2 aromatic rings. The average Bonchev–Trinajstić information content (AvgIpc) is 3.15. The largest absolute Gasteiger partial charge is 0.336 e. The summed E-state index contributed by atoms with van der Waals surface area (Å²) in [6.07, 6.45) is 1.60. The summed E-state index contributed by atoms with van der Waals surface area (Å²) in [6.45, 7) is 4.48. The lowest BCUT2D eigenvalue weighted by atomic mass is 10.2. The number of halogens is 1. The van der Waals surface area contributed by atoms with Gasteiger partial charge in [-0.15, -0.1) is 11.8 Å². The van der Waals surface area contributed by atoms with Crippen LogP contribution >= 0.6 is 23.4 Å². The molecule has 0 aliphatic carbocycles. The minimum absolute atomic E-state index is 0.121. The standard InChI is InChI=1S/C16H20ClN3O2S2/c1-11(2)15-18-14(10-19(15)3)24(21,22)20-8-9-23-16(20)12-4-6-13(17)7-5-12/h4-7,10-11,16H,8-9H2,1-3H3. The second kappa shape index (κ2) is 6.71. The predicted molar refractivity (Wildman–Crippen MR) is 97.8 cm³/mol. The van der Waals surface area contributed by atoms with Gasteiger partial charge in [-0.25, -0.2) is 13.4 Å². The third kappa shape index (κ3) is 3.22. The average molecular weight is 386 g/mol. The fraction of sp³-hybridized carbons (Fsp3) is 0.438. The molecule has 24 heavy (non-hydrogen) atoms. The molecule has 1 atom stereocenters. The van der Waals surface area contributed by atoms with E-state index >= 15 is 0 Å². The number of benzene rings is 1. The Hall–Kier alpha value is -1.02. The van der Waals surface area contributed by atoms with E-state index in [1.54, 1.807) is 34.7 Å². The van der Waals surface area contributed by atoms with Gasteiger partial charge in [-0.2, -0.15) is 4.31 Å². The van der Waals surface area contributed by atoms with Gasteiger partial charge in [0.15, 0.2) is 5.03 Å². The van der Waals surface area contributed by atoms with Crippen molar-refractivity contribution >= 4 is 33.4 Å². The summed E-state index contributed by atoms with van der Waals surface area (Å²) in [7, 11) is -1.80. The zero-order chi connectivity index (χ0) is 17.5. The predicted octanol–water partition coefficient (Wildman–Crippen LogP) is 3.63. The number of imidazole rings is 1. The van der Waals surface area contributed by atoms with Crippen molar-refractivity contribution in [1.82, 2.24) is 13.9 Å². The number of thioether (sulfide) groups is 1. The number of sulfonamides is 1. The molecule has 0 N–H and O–H groups in total. The Kier molecular flexibility index (Phi) is 4.97. The van der Waals surface area contributed by atoms with E-state index in [-0.39, 0.29) is 16.3 Å².